The van der Waals surface area contributed by atoms with Crippen molar-refractivity contribution < 1.29 is 27.8 Å². The lowest BCUT2D eigenvalue weighted by Crippen LogP contribution is -2.35. The van der Waals surface area contributed by atoms with E-state index in [0.717, 1.165) is 23.0 Å². The molecule has 0 bridgehead atoms. The van der Waals surface area contributed by atoms with Gasteiger partial charge in [-0.2, -0.15) is 13.2 Å². The van der Waals surface area contributed by atoms with Crippen molar-refractivity contribution in [2.75, 3.05) is 7.11 Å². The van der Waals surface area contributed by atoms with Crippen molar-refractivity contribution in [3.8, 4) is 0 Å². The zero-order valence-corrected chi connectivity index (χ0v) is 14.7. The maximum atomic E-state index is 12.6. The maximum absolute atomic E-state index is 12.6. The number of ether oxygens (including phenoxy) is 1. The van der Waals surface area contributed by atoms with Crippen molar-refractivity contribution in [3.63, 3.8) is 0 Å². The number of carboxylic acid groups (broad SMARTS) is 1. The first-order valence-corrected chi connectivity index (χ1v) is 8.59. The minimum absolute atomic E-state index is 0.244. The number of hydrogen-bond acceptors (Lipinski definition) is 5. The largest absolute Gasteiger partial charge is 0.465 e. The first kappa shape index (κ1) is 20.1. The van der Waals surface area contributed by atoms with Gasteiger partial charge in [-0.05, 0) is 24.5 Å². The molecule has 2 heterocycles. The zero-order valence-electron chi connectivity index (χ0n) is 13.9. The van der Waals surface area contributed by atoms with E-state index in [4.69, 9.17) is 9.84 Å². The van der Waals surface area contributed by atoms with Gasteiger partial charge in [0.05, 0.1) is 17.3 Å². The van der Waals surface area contributed by atoms with Gasteiger partial charge in [0, 0.05) is 31.1 Å². The lowest BCUT2D eigenvalue weighted by molar-refractivity contribution is -0.141. The molecule has 0 aliphatic rings. The number of hydrogen-bond donors (Lipinski definition) is 2. The number of methoxy groups -OCH3 is 1. The number of nitrogens with one attached hydrogen (secondary N) is 1. The molecule has 2 N–H and O–H groups in total. The van der Waals surface area contributed by atoms with E-state index in [1.54, 1.807) is 7.11 Å². The summed E-state index contributed by atoms with van der Waals surface area (Å²) in [4.78, 5) is 18.8. The normalized spacial score (nSPS) is 12.8. The van der Waals surface area contributed by atoms with Crippen molar-refractivity contribution in [3.05, 3.63) is 45.7 Å². The molecule has 2 aromatic rings. The second-order valence-corrected chi connectivity index (χ2v) is 6.55. The van der Waals surface area contributed by atoms with E-state index in [0.29, 0.717) is 25.0 Å². The molecule has 1 amide bonds. The summed E-state index contributed by atoms with van der Waals surface area (Å²) in [6.45, 7) is 0.407. The molecule has 0 radical (unpaired) electrons. The average molecular weight is 389 g/mol. The first-order valence-electron chi connectivity index (χ1n) is 7.71. The molecule has 0 fully saturated rings. The summed E-state index contributed by atoms with van der Waals surface area (Å²) in [7, 11) is 1.57. The van der Waals surface area contributed by atoms with Gasteiger partial charge in [0.25, 0.3) is 0 Å². The summed E-state index contributed by atoms with van der Waals surface area (Å²) in [6, 6.07) is 1.75. The second-order valence-electron chi connectivity index (χ2n) is 5.60. The fourth-order valence-corrected chi connectivity index (χ4v) is 3.17. The molecule has 0 aromatic carbocycles. The standard InChI is InChI=1S/C16H18F3N3O3S/c1-25-8-12-9-26-14(21-12)5-3-11(22-15(23)24)6-10-2-4-13(20-7-10)16(17,18)19/h2,4,7,9,11,22H,3,5-6,8H2,1H3,(H,23,24). The highest BCUT2D eigenvalue weighted by Crippen LogP contribution is 2.27. The molecule has 0 aliphatic carbocycles. The van der Waals surface area contributed by atoms with E-state index in [1.807, 2.05) is 5.38 Å². The summed E-state index contributed by atoms with van der Waals surface area (Å²) in [6.07, 6.45) is -3.30. The number of aryl methyl sites for hydroxylation is 1. The Morgan fingerprint density at radius 1 is 1.42 bits per heavy atom. The van der Waals surface area contributed by atoms with E-state index in [9.17, 15) is 18.0 Å². The predicted octanol–water partition coefficient (Wildman–Crippen LogP) is 3.51. The Morgan fingerprint density at radius 3 is 2.77 bits per heavy atom. The molecule has 142 valence electrons. The zero-order chi connectivity index (χ0) is 19.2. The van der Waals surface area contributed by atoms with Crippen LogP contribution in [-0.2, 0) is 30.4 Å². The molecular formula is C16H18F3N3O3S. The number of thiazole rings is 1. The van der Waals surface area contributed by atoms with Crippen LogP contribution in [0.15, 0.2) is 23.7 Å². The summed E-state index contributed by atoms with van der Waals surface area (Å²) < 4.78 is 42.7. The van der Waals surface area contributed by atoms with E-state index in [1.165, 1.54) is 17.4 Å². The van der Waals surface area contributed by atoms with Crippen LogP contribution >= 0.6 is 11.3 Å². The monoisotopic (exact) mass is 389 g/mol. The number of rotatable bonds is 8. The highest BCUT2D eigenvalue weighted by atomic mass is 32.1. The number of alkyl halides is 3. The van der Waals surface area contributed by atoms with Crippen molar-refractivity contribution in [2.45, 2.75) is 38.1 Å². The van der Waals surface area contributed by atoms with Crippen LogP contribution in [0.5, 0.6) is 0 Å². The third-order valence-corrected chi connectivity index (χ3v) is 4.48. The molecule has 26 heavy (non-hydrogen) atoms. The molecule has 0 spiro atoms. The fraction of sp³-hybridized carbons (Fsp3) is 0.438. The van der Waals surface area contributed by atoms with Gasteiger partial charge in [0.1, 0.15) is 5.69 Å². The number of nitrogens with zero attached hydrogens (tertiary/aromatic N) is 2. The fourth-order valence-electron chi connectivity index (χ4n) is 2.37. The smallest absolute Gasteiger partial charge is 0.433 e. The molecular weight excluding hydrogens is 371 g/mol. The summed E-state index contributed by atoms with van der Waals surface area (Å²) in [5, 5.41) is 14.1. The van der Waals surface area contributed by atoms with Crippen molar-refractivity contribution in [1.82, 2.24) is 15.3 Å². The SMILES string of the molecule is COCc1csc(CCC(Cc2ccc(C(F)(F)F)nc2)NC(=O)O)n1. The Morgan fingerprint density at radius 2 is 2.19 bits per heavy atom. The van der Waals surface area contributed by atoms with Gasteiger partial charge in [-0.25, -0.2) is 9.78 Å². The van der Waals surface area contributed by atoms with Gasteiger partial charge in [0.15, 0.2) is 0 Å². The van der Waals surface area contributed by atoms with Crippen molar-refractivity contribution in [2.24, 2.45) is 0 Å². The van der Waals surface area contributed by atoms with E-state index >= 15 is 0 Å². The number of carbonyl (C=O) groups is 1. The van der Waals surface area contributed by atoms with Gasteiger partial charge in [-0.1, -0.05) is 6.07 Å². The van der Waals surface area contributed by atoms with Crippen LogP contribution < -0.4 is 5.32 Å². The molecule has 1 unspecified atom stereocenters. The summed E-state index contributed by atoms with van der Waals surface area (Å²) in [5.41, 5.74) is 0.357. The molecule has 6 nitrogen and oxygen atoms in total. The maximum Gasteiger partial charge on any atom is 0.433 e. The van der Waals surface area contributed by atoms with Gasteiger partial charge in [0.2, 0.25) is 0 Å². The number of amides is 1. The van der Waals surface area contributed by atoms with Crippen LogP contribution in [-0.4, -0.2) is 34.3 Å². The van der Waals surface area contributed by atoms with Gasteiger partial charge in [-0.3, -0.25) is 4.98 Å². The Balaban J connectivity index is 1.98. The van der Waals surface area contributed by atoms with Crippen LogP contribution in [0.1, 0.15) is 28.4 Å². The van der Waals surface area contributed by atoms with E-state index in [-0.39, 0.29) is 6.42 Å². The second kappa shape index (κ2) is 8.95. The first-order chi connectivity index (χ1) is 12.3. The molecule has 2 aromatic heterocycles. The Labute approximate surface area is 152 Å². The van der Waals surface area contributed by atoms with Crippen LogP contribution in [0.3, 0.4) is 0 Å². The summed E-state index contributed by atoms with van der Waals surface area (Å²) >= 11 is 1.46. The van der Waals surface area contributed by atoms with E-state index in [2.05, 4.69) is 15.3 Å². The van der Waals surface area contributed by atoms with Crippen LogP contribution in [0, 0.1) is 0 Å². The number of halogens is 3. The minimum atomic E-state index is -4.50. The van der Waals surface area contributed by atoms with E-state index < -0.39 is 24.0 Å². The number of pyridine rings is 1. The number of aromatic nitrogens is 2. The Hall–Kier alpha value is -2.20. The third-order valence-electron chi connectivity index (χ3n) is 3.52. The average Bonchev–Trinajstić information content (AvgIpc) is 3.00. The molecule has 0 saturated carbocycles. The lowest BCUT2D eigenvalue weighted by atomic mass is 10.0. The Bertz CT molecular complexity index is 720. The van der Waals surface area contributed by atoms with Crippen LogP contribution in [0.2, 0.25) is 0 Å². The molecule has 1 atom stereocenters. The van der Waals surface area contributed by atoms with Crippen LogP contribution in [0.4, 0.5) is 18.0 Å². The molecule has 0 saturated heterocycles. The highest BCUT2D eigenvalue weighted by molar-refractivity contribution is 7.09. The van der Waals surface area contributed by atoms with Gasteiger partial charge >= 0.3 is 12.3 Å². The van der Waals surface area contributed by atoms with Gasteiger partial charge < -0.3 is 15.2 Å². The topological polar surface area (TPSA) is 84.3 Å². The third kappa shape index (κ3) is 6.26. The van der Waals surface area contributed by atoms with Crippen LogP contribution in [0.25, 0.3) is 0 Å². The summed E-state index contributed by atoms with van der Waals surface area (Å²) in [5.74, 6) is 0. The predicted molar refractivity (Wildman–Crippen MR) is 89.0 cm³/mol. The molecule has 0 aliphatic heterocycles. The van der Waals surface area contributed by atoms with Gasteiger partial charge in [-0.15, -0.1) is 11.3 Å². The van der Waals surface area contributed by atoms with Crippen molar-refractivity contribution in [1.29, 1.82) is 0 Å². The quantitative estimate of drug-likeness (QED) is 0.722. The Kier molecular flexibility index (Phi) is 6.92. The molecule has 10 heteroatoms. The molecule has 2 rings (SSSR count). The lowest BCUT2D eigenvalue weighted by Gasteiger charge is -2.16. The van der Waals surface area contributed by atoms with Crippen molar-refractivity contribution >= 4 is 17.4 Å². The minimum Gasteiger partial charge on any atom is -0.465 e. The highest BCUT2D eigenvalue weighted by Gasteiger charge is 2.32.